The molecule has 1 amide bonds. The second-order valence-corrected chi connectivity index (χ2v) is 5.43. The third-order valence-electron chi connectivity index (χ3n) is 3.91. The van der Waals surface area contributed by atoms with E-state index in [1.807, 2.05) is 6.07 Å². The van der Waals surface area contributed by atoms with Crippen LogP contribution >= 0.6 is 0 Å². The Morgan fingerprint density at radius 2 is 2.24 bits per heavy atom. The Morgan fingerprint density at radius 3 is 3.05 bits per heavy atom. The van der Waals surface area contributed by atoms with Crippen LogP contribution in [0.15, 0.2) is 42.7 Å². The van der Waals surface area contributed by atoms with E-state index in [-0.39, 0.29) is 18.5 Å². The molecule has 0 saturated heterocycles. The van der Waals surface area contributed by atoms with Crippen LogP contribution in [-0.2, 0) is 17.8 Å². The molecule has 21 heavy (non-hydrogen) atoms. The summed E-state index contributed by atoms with van der Waals surface area (Å²) in [5.41, 5.74) is 2.69. The van der Waals surface area contributed by atoms with Crippen molar-refractivity contribution in [3.05, 3.63) is 48.3 Å². The Hall–Kier alpha value is -2.30. The van der Waals surface area contributed by atoms with E-state index in [9.17, 15) is 4.79 Å². The molecule has 3 rings (SSSR count). The van der Waals surface area contributed by atoms with E-state index in [1.165, 1.54) is 11.3 Å². The van der Waals surface area contributed by atoms with Crippen molar-refractivity contribution in [2.45, 2.75) is 25.9 Å². The van der Waals surface area contributed by atoms with Gasteiger partial charge >= 0.3 is 0 Å². The number of fused-ring (bicyclic) bond motifs is 1. The molecule has 2 aromatic rings. The number of hydrogen-bond acceptors (Lipinski definition) is 3. The highest BCUT2D eigenvalue weighted by Gasteiger charge is 2.22. The van der Waals surface area contributed by atoms with E-state index >= 15 is 0 Å². The number of amides is 1. The topological polar surface area (TPSA) is 50.2 Å². The number of nitrogens with one attached hydrogen (secondary N) is 1. The predicted octanol–water partition coefficient (Wildman–Crippen LogP) is 1.45. The van der Waals surface area contributed by atoms with Crippen LogP contribution in [0.25, 0.3) is 0 Å². The minimum Gasteiger partial charge on any atom is -0.366 e. The zero-order valence-electron chi connectivity index (χ0n) is 12.2. The maximum absolute atomic E-state index is 11.9. The standard InChI is InChI=1S/C16H20N4O/c1-13(11-17-16(21)12-19-9-4-8-18-19)20-10-7-14-5-2-3-6-15(14)20/h2-6,8-9,13H,7,10-12H2,1H3,(H,17,21)/t13-/m1/s1. The van der Waals surface area contributed by atoms with Crippen LogP contribution < -0.4 is 10.2 Å². The Labute approximate surface area is 124 Å². The van der Waals surface area contributed by atoms with E-state index < -0.39 is 0 Å². The zero-order valence-corrected chi connectivity index (χ0v) is 12.2. The molecule has 0 saturated carbocycles. The van der Waals surface area contributed by atoms with Gasteiger partial charge < -0.3 is 10.2 Å². The summed E-state index contributed by atoms with van der Waals surface area (Å²) in [6, 6.07) is 10.6. The number of benzene rings is 1. The summed E-state index contributed by atoms with van der Waals surface area (Å²) in [5, 5.41) is 7.02. The van der Waals surface area contributed by atoms with E-state index in [4.69, 9.17) is 0 Å². The van der Waals surface area contributed by atoms with Crippen molar-refractivity contribution in [2.24, 2.45) is 0 Å². The molecule has 0 aliphatic carbocycles. The SMILES string of the molecule is C[C@H](CNC(=O)Cn1cccn1)N1CCc2ccccc21. The highest BCUT2D eigenvalue weighted by Crippen LogP contribution is 2.28. The van der Waals surface area contributed by atoms with Crippen LogP contribution in [0.3, 0.4) is 0 Å². The number of nitrogens with zero attached hydrogens (tertiary/aromatic N) is 3. The van der Waals surface area contributed by atoms with E-state index in [2.05, 4.69) is 46.5 Å². The summed E-state index contributed by atoms with van der Waals surface area (Å²) in [5.74, 6) is -0.00182. The fourth-order valence-corrected chi connectivity index (χ4v) is 2.79. The maximum Gasteiger partial charge on any atom is 0.241 e. The smallest absolute Gasteiger partial charge is 0.241 e. The van der Waals surface area contributed by atoms with E-state index in [0.717, 1.165) is 13.0 Å². The molecule has 0 unspecified atom stereocenters. The largest absolute Gasteiger partial charge is 0.366 e. The van der Waals surface area contributed by atoms with E-state index in [0.29, 0.717) is 6.54 Å². The van der Waals surface area contributed by atoms with Crippen LogP contribution in [0, 0.1) is 0 Å². The lowest BCUT2D eigenvalue weighted by molar-refractivity contribution is -0.121. The number of hydrogen-bond donors (Lipinski definition) is 1. The van der Waals surface area contributed by atoms with Crippen molar-refractivity contribution < 1.29 is 4.79 Å². The Bertz CT molecular complexity index is 608. The Kier molecular flexibility index (Phi) is 3.90. The van der Waals surface area contributed by atoms with Gasteiger partial charge in [-0.3, -0.25) is 9.48 Å². The molecule has 1 aliphatic heterocycles. The van der Waals surface area contributed by atoms with Crippen molar-refractivity contribution in [1.82, 2.24) is 15.1 Å². The van der Waals surface area contributed by atoms with E-state index in [1.54, 1.807) is 17.1 Å². The van der Waals surface area contributed by atoms with Crippen molar-refractivity contribution in [1.29, 1.82) is 0 Å². The number of carbonyl (C=O) groups is 1. The van der Waals surface area contributed by atoms with Gasteiger partial charge in [-0.15, -0.1) is 0 Å². The molecule has 0 radical (unpaired) electrons. The minimum atomic E-state index is -0.00182. The third kappa shape index (κ3) is 3.07. The third-order valence-corrected chi connectivity index (χ3v) is 3.91. The maximum atomic E-state index is 11.9. The molecule has 5 heteroatoms. The molecule has 0 spiro atoms. The fourth-order valence-electron chi connectivity index (χ4n) is 2.79. The van der Waals surface area contributed by atoms with Crippen LogP contribution in [0.2, 0.25) is 0 Å². The molecule has 1 aromatic carbocycles. The molecule has 0 fully saturated rings. The van der Waals surface area contributed by atoms with Gasteiger partial charge in [0.15, 0.2) is 0 Å². The monoisotopic (exact) mass is 284 g/mol. The van der Waals surface area contributed by atoms with Gasteiger partial charge in [0.1, 0.15) is 6.54 Å². The first-order valence-electron chi connectivity index (χ1n) is 7.33. The van der Waals surface area contributed by atoms with Gasteiger partial charge in [0.25, 0.3) is 0 Å². The van der Waals surface area contributed by atoms with Crippen molar-refractivity contribution in [2.75, 3.05) is 18.0 Å². The van der Waals surface area contributed by atoms with Crippen LogP contribution in [-0.4, -0.2) is 34.8 Å². The average Bonchev–Trinajstić information content (AvgIpc) is 3.13. The number of aromatic nitrogens is 2. The van der Waals surface area contributed by atoms with Crippen LogP contribution in [0.1, 0.15) is 12.5 Å². The van der Waals surface area contributed by atoms with Crippen LogP contribution in [0.4, 0.5) is 5.69 Å². The normalized spacial score (nSPS) is 14.8. The highest BCUT2D eigenvalue weighted by atomic mass is 16.2. The van der Waals surface area contributed by atoms with Crippen molar-refractivity contribution in [3.8, 4) is 0 Å². The molecule has 1 N–H and O–H groups in total. The molecule has 110 valence electrons. The van der Waals surface area contributed by atoms with Crippen molar-refractivity contribution in [3.63, 3.8) is 0 Å². The summed E-state index contributed by atoms with van der Waals surface area (Å²) in [7, 11) is 0. The second kappa shape index (κ2) is 5.99. The summed E-state index contributed by atoms with van der Waals surface area (Å²) >= 11 is 0. The van der Waals surface area contributed by atoms with Gasteiger partial charge in [0, 0.05) is 37.2 Å². The zero-order chi connectivity index (χ0) is 14.7. The summed E-state index contributed by atoms with van der Waals surface area (Å²) in [6.07, 6.45) is 4.55. The first-order valence-corrected chi connectivity index (χ1v) is 7.33. The molecule has 5 nitrogen and oxygen atoms in total. The summed E-state index contributed by atoms with van der Waals surface area (Å²) in [6.45, 7) is 4.09. The van der Waals surface area contributed by atoms with Gasteiger partial charge in [-0.2, -0.15) is 5.10 Å². The minimum absolute atomic E-state index is 0.00182. The lowest BCUT2D eigenvalue weighted by atomic mass is 10.2. The average molecular weight is 284 g/mol. The van der Waals surface area contributed by atoms with Gasteiger partial charge in [-0.05, 0) is 31.0 Å². The summed E-state index contributed by atoms with van der Waals surface area (Å²) in [4.78, 5) is 14.2. The molecular formula is C16H20N4O. The first kappa shape index (κ1) is 13.7. The summed E-state index contributed by atoms with van der Waals surface area (Å²) < 4.78 is 1.63. The molecule has 1 aliphatic rings. The number of carbonyl (C=O) groups excluding carboxylic acids is 1. The molecule has 1 atom stereocenters. The van der Waals surface area contributed by atoms with Crippen molar-refractivity contribution >= 4 is 11.6 Å². The molecule has 0 bridgehead atoms. The first-order chi connectivity index (χ1) is 10.2. The lowest BCUT2D eigenvalue weighted by Gasteiger charge is -2.27. The lowest BCUT2D eigenvalue weighted by Crippen LogP contribution is -2.42. The molecule has 2 heterocycles. The molecule has 1 aromatic heterocycles. The van der Waals surface area contributed by atoms with Crippen LogP contribution in [0.5, 0.6) is 0 Å². The fraction of sp³-hybridized carbons (Fsp3) is 0.375. The second-order valence-electron chi connectivity index (χ2n) is 5.43. The Morgan fingerprint density at radius 1 is 1.38 bits per heavy atom. The number of anilines is 1. The molecular weight excluding hydrogens is 264 g/mol. The highest BCUT2D eigenvalue weighted by molar-refractivity contribution is 5.75. The van der Waals surface area contributed by atoms with Gasteiger partial charge in [-0.25, -0.2) is 0 Å². The number of para-hydroxylation sites is 1. The number of rotatable bonds is 5. The Balaban J connectivity index is 1.53. The van der Waals surface area contributed by atoms with Gasteiger partial charge in [-0.1, -0.05) is 18.2 Å². The van der Waals surface area contributed by atoms with Gasteiger partial charge in [0.05, 0.1) is 0 Å². The predicted molar refractivity (Wildman–Crippen MR) is 82.2 cm³/mol. The quantitative estimate of drug-likeness (QED) is 0.904. The van der Waals surface area contributed by atoms with Gasteiger partial charge in [0.2, 0.25) is 5.91 Å².